The molecule has 6 heteroatoms. The van der Waals surface area contributed by atoms with Gasteiger partial charge in [0.25, 0.3) is 0 Å². The molecule has 0 aliphatic rings. The van der Waals surface area contributed by atoms with Crippen LogP contribution in [0.2, 0.25) is 0 Å². The normalized spacial score (nSPS) is 11.2. The maximum absolute atomic E-state index is 11.1. The zero-order valence-corrected chi connectivity index (χ0v) is 9.39. The second-order valence-electron chi connectivity index (χ2n) is 2.35. The van der Waals surface area contributed by atoms with Crippen LogP contribution in [-0.4, -0.2) is 19.2 Å². The van der Waals surface area contributed by atoms with Gasteiger partial charge in [0.15, 0.2) is 0 Å². The molecule has 0 unspecified atom stereocenters. The van der Waals surface area contributed by atoms with Crippen molar-refractivity contribution in [3.63, 3.8) is 0 Å². The Balaban J connectivity index is 2.87. The number of nitrogens with zero attached hydrogens (tertiary/aromatic N) is 1. The van der Waals surface area contributed by atoms with E-state index in [1.165, 1.54) is 0 Å². The van der Waals surface area contributed by atoms with Gasteiger partial charge < -0.3 is 0 Å². The predicted molar refractivity (Wildman–Crippen MR) is 55.0 cm³/mol. The average molecular weight is 265 g/mol. The van der Waals surface area contributed by atoms with E-state index in [1.54, 1.807) is 25.1 Å². The number of anilines is 1. The van der Waals surface area contributed by atoms with E-state index in [1.807, 2.05) is 0 Å². The van der Waals surface area contributed by atoms with Crippen LogP contribution in [0.5, 0.6) is 0 Å². The summed E-state index contributed by atoms with van der Waals surface area (Å²) in [6.45, 7) is 1.57. The molecule has 0 aliphatic carbocycles. The minimum atomic E-state index is -3.22. The third-order valence-corrected chi connectivity index (χ3v) is 3.08. The van der Waals surface area contributed by atoms with Crippen molar-refractivity contribution in [2.24, 2.45) is 0 Å². The van der Waals surface area contributed by atoms with Crippen LogP contribution in [0, 0.1) is 0 Å². The molecular formula is C7H9BrN2O2S. The van der Waals surface area contributed by atoms with Gasteiger partial charge in [-0.25, -0.2) is 13.4 Å². The van der Waals surface area contributed by atoms with Gasteiger partial charge in [0, 0.05) is 0 Å². The Hall–Kier alpha value is -0.620. The molecule has 1 aromatic rings. The number of halogens is 1. The van der Waals surface area contributed by atoms with Gasteiger partial charge in [-0.15, -0.1) is 0 Å². The van der Waals surface area contributed by atoms with Crippen molar-refractivity contribution >= 4 is 31.8 Å². The molecule has 0 atom stereocenters. The largest absolute Gasteiger partial charge is 0.267 e. The molecule has 1 aromatic heterocycles. The molecule has 0 amide bonds. The molecule has 0 radical (unpaired) electrons. The molecule has 0 aromatic carbocycles. The van der Waals surface area contributed by atoms with Crippen molar-refractivity contribution in [3.8, 4) is 0 Å². The van der Waals surface area contributed by atoms with Crippen molar-refractivity contribution in [2.45, 2.75) is 6.92 Å². The fourth-order valence-corrected chi connectivity index (χ4v) is 1.62. The maximum Gasteiger partial charge on any atom is 0.233 e. The predicted octanol–water partition coefficient (Wildman–Crippen LogP) is 1.61. The molecule has 0 bridgehead atoms. The monoisotopic (exact) mass is 264 g/mol. The van der Waals surface area contributed by atoms with E-state index >= 15 is 0 Å². The summed E-state index contributed by atoms with van der Waals surface area (Å²) in [5.41, 5.74) is 0. The first-order valence-corrected chi connectivity index (χ1v) is 6.11. The van der Waals surface area contributed by atoms with Gasteiger partial charge in [-0.2, -0.15) is 0 Å². The molecule has 72 valence electrons. The SMILES string of the molecule is CCS(=O)(=O)Nc1cccc(Br)n1. The van der Waals surface area contributed by atoms with Crippen LogP contribution >= 0.6 is 15.9 Å². The number of sulfonamides is 1. The Morgan fingerprint density at radius 3 is 2.77 bits per heavy atom. The lowest BCUT2D eigenvalue weighted by Gasteiger charge is -2.04. The zero-order valence-electron chi connectivity index (χ0n) is 6.99. The summed E-state index contributed by atoms with van der Waals surface area (Å²) in [6, 6.07) is 5.03. The Kier molecular flexibility index (Phi) is 3.27. The lowest BCUT2D eigenvalue weighted by atomic mass is 10.5. The molecule has 1 heterocycles. The number of rotatable bonds is 3. The number of hydrogen-bond donors (Lipinski definition) is 1. The van der Waals surface area contributed by atoms with E-state index in [0.29, 0.717) is 10.4 Å². The molecule has 0 aliphatic heterocycles. The van der Waals surface area contributed by atoms with Gasteiger partial charge in [0.2, 0.25) is 10.0 Å². The third kappa shape index (κ3) is 3.31. The summed E-state index contributed by atoms with van der Waals surface area (Å²) < 4.78 is 25.2. The van der Waals surface area contributed by atoms with E-state index in [9.17, 15) is 8.42 Å². The van der Waals surface area contributed by atoms with E-state index < -0.39 is 10.0 Å². The first-order valence-electron chi connectivity index (χ1n) is 3.66. The number of hydrogen-bond acceptors (Lipinski definition) is 3. The molecule has 0 spiro atoms. The molecule has 0 fully saturated rings. The average Bonchev–Trinajstić information content (AvgIpc) is 2.03. The number of aromatic nitrogens is 1. The quantitative estimate of drug-likeness (QED) is 0.844. The molecule has 13 heavy (non-hydrogen) atoms. The first kappa shape index (κ1) is 10.5. The Morgan fingerprint density at radius 2 is 2.23 bits per heavy atom. The van der Waals surface area contributed by atoms with E-state index in [-0.39, 0.29) is 5.75 Å². The summed E-state index contributed by atoms with van der Waals surface area (Å²) in [4.78, 5) is 3.93. The van der Waals surface area contributed by atoms with Gasteiger partial charge in [-0.05, 0) is 35.0 Å². The Bertz CT molecular complexity index is 391. The summed E-state index contributed by atoms with van der Waals surface area (Å²) in [7, 11) is -3.22. The smallest absolute Gasteiger partial charge is 0.233 e. The van der Waals surface area contributed by atoms with Crippen molar-refractivity contribution in [2.75, 3.05) is 10.5 Å². The van der Waals surface area contributed by atoms with Crippen LogP contribution in [0.1, 0.15) is 6.92 Å². The Labute approximate surface area is 85.6 Å². The number of pyridine rings is 1. The lowest BCUT2D eigenvalue weighted by Crippen LogP contribution is -2.15. The highest BCUT2D eigenvalue weighted by atomic mass is 79.9. The minimum absolute atomic E-state index is 0.0429. The Morgan fingerprint density at radius 1 is 1.54 bits per heavy atom. The fourth-order valence-electron chi connectivity index (χ4n) is 0.697. The minimum Gasteiger partial charge on any atom is -0.267 e. The van der Waals surface area contributed by atoms with Crippen LogP contribution in [0.4, 0.5) is 5.82 Å². The van der Waals surface area contributed by atoms with Gasteiger partial charge in [0.05, 0.1) is 5.75 Å². The molecule has 4 nitrogen and oxygen atoms in total. The van der Waals surface area contributed by atoms with Gasteiger partial charge in [-0.3, -0.25) is 4.72 Å². The summed E-state index contributed by atoms with van der Waals surface area (Å²) in [5, 5.41) is 0. The fraction of sp³-hybridized carbons (Fsp3) is 0.286. The molecule has 0 saturated heterocycles. The number of nitrogens with one attached hydrogen (secondary N) is 1. The van der Waals surface area contributed by atoms with Gasteiger partial charge in [-0.1, -0.05) is 6.07 Å². The molecule has 1 rings (SSSR count). The van der Waals surface area contributed by atoms with Gasteiger partial charge in [0.1, 0.15) is 10.4 Å². The van der Waals surface area contributed by atoms with Crippen molar-refractivity contribution in [3.05, 3.63) is 22.8 Å². The maximum atomic E-state index is 11.1. The molecule has 0 saturated carbocycles. The van der Waals surface area contributed by atoms with Crippen molar-refractivity contribution in [1.82, 2.24) is 4.98 Å². The standard InChI is InChI=1S/C7H9BrN2O2S/c1-2-13(11,12)10-7-5-3-4-6(8)9-7/h3-5H,2H2,1H3,(H,9,10). The summed E-state index contributed by atoms with van der Waals surface area (Å²) in [5.74, 6) is 0.373. The van der Waals surface area contributed by atoms with Crippen LogP contribution < -0.4 is 4.72 Å². The molecular weight excluding hydrogens is 256 g/mol. The summed E-state index contributed by atoms with van der Waals surface area (Å²) in [6.07, 6.45) is 0. The van der Waals surface area contributed by atoms with Crippen LogP contribution in [-0.2, 0) is 10.0 Å². The van der Waals surface area contributed by atoms with Crippen LogP contribution in [0.15, 0.2) is 22.8 Å². The second kappa shape index (κ2) is 4.06. The highest BCUT2D eigenvalue weighted by molar-refractivity contribution is 9.10. The zero-order chi connectivity index (χ0) is 9.90. The summed E-state index contributed by atoms with van der Waals surface area (Å²) >= 11 is 3.15. The highest BCUT2D eigenvalue weighted by Gasteiger charge is 2.06. The van der Waals surface area contributed by atoms with Crippen molar-refractivity contribution < 1.29 is 8.42 Å². The highest BCUT2D eigenvalue weighted by Crippen LogP contribution is 2.11. The third-order valence-electron chi connectivity index (χ3n) is 1.36. The van der Waals surface area contributed by atoms with E-state index in [2.05, 4.69) is 25.6 Å². The van der Waals surface area contributed by atoms with Crippen molar-refractivity contribution in [1.29, 1.82) is 0 Å². The lowest BCUT2D eigenvalue weighted by molar-refractivity contribution is 0.602. The van der Waals surface area contributed by atoms with Crippen LogP contribution in [0.25, 0.3) is 0 Å². The van der Waals surface area contributed by atoms with Crippen LogP contribution in [0.3, 0.4) is 0 Å². The molecule has 1 N–H and O–H groups in total. The van der Waals surface area contributed by atoms with E-state index in [0.717, 1.165) is 0 Å². The van der Waals surface area contributed by atoms with E-state index in [4.69, 9.17) is 0 Å². The van der Waals surface area contributed by atoms with Gasteiger partial charge >= 0.3 is 0 Å². The first-order chi connectivity index (χ1) is 6.03. The topological polar surface area (TPSA) is 59.1 Å². The second-order valence-corrected chi connectivity index (χ2v) is 5.17.